The zero-order valence-corrected chi connectivity index (χ0v) is 27.4. The van der Waals surface area contributed by atoms with Crippen molar-refractivity contribution in [1.82, 2.24) is 4.57 Å². The average molecular weight is 542 g/mol. The van der Waals surface area contributed by atoms with Crippen LogP contribution in [0.5, 0.6) is 5.75 Å². The number of aromatic nitrogens is 2. The van der Waals surface area contributed by atoms with E-state index in [1.165, 1.54) is 59.2 Å². The van der Waals surface area contributed by atoms with Gasteiger partial charge in [0.15, 0.2) is 11.0 Å². The van der Waals surface area contributed by atoms with E-state index in [1.807, 2.05) is 0 Å². The number of benzene rings is 2. The zero-order chi connectivity index (χ0) is 29.3. The number of hydrogen-bond donors (Lipinski definition) is 0. The van der Waals surface area contributed by atoms with Gasteiger partial charge in [-0.2, -0.15) is 4.57 Å². The van der Waals surface area contributed by atoms with Gasteiger partial charge in [0.1, 0.15) is 16.9 Å². The predicted octanol–water partition coefficient (Wildman–Crippen LogP) is 9.64. The van der Waals surface area contributed by atoms with Crippen molar-refractivity contribution >= 4 is 11.0 Å². The molecule has 3 atom stereocenters. The van der Waals surface area contributed by atoms with Crippen LogP contribution in [0.25, 0.3) is 22.4 Å². The van der Waals surface area contributed by atoms with Crippen LogP contribution in [-0.4, -0.2) is 4.57 Å². The van der Waals surface area contributed by atoms with E-state index in [0.29, 0.717) is 0 Å². The van der Waals surface area contributed by atoms with Crippen LogP contribution in [0.4, 0.5) is 0 Å². The number of hydrogen-bond acceptors (Lipinski definition) is 1. The lowest BCUT2D eigenvalue weighted by Gasteiger charge is -2.49. The van der Waals surface area contributed by atoms with Gasteiger partial charge in [0.2, 0.25) is 5.72 Å². The van der Waals surface area contributed by atoms with Gasteiger partial charge in [0.05, 0.1) is 0 Å². The van der Waals surface area contributed by atoms with Crippen LogP contribution in [0.2, 0.25) is 0 Å². The minimum Gasteiger partial charge on any atom is -0.449 e. The number of imidazole rings is 1. The SMILES string of the molecule is CCCCCC1(C)C(C)(C)c2cc3c(cc2C1(C)C)[n+]1c2n3C(C)(CC)C(C)(CC)c3cccc(c3-2)OC1(C)C. The molecule has 3 heteroatoms. The van der Waals surface area contributed by atoms with Crippen molar-refractivity contribution in [3.8, 4) is 17.1 Å². The van der Waals surface area contributed by atoms with E-state index < -0.39 is 5.72 Å². The third-order valence-corrected chi connectivity index (χ3v) is 13.2. The van der Waals surface area contributed by atoms with E-state index in [0.717, 1.165) is 18.6 Å². The van der Waals surface area contributed by atoms with Crippen molar-refractivity contribution in [3.63, 3.8) is 0 Å². The summed E-state index contributed by atoms with van der Waals surface area (Å²) < 4.78 is 12.2. The standard InChI is InChI=1S/C37H53N2O/c1-13-16-17-21-36(11)32(4,5)25-22-27-28(23-26(25)33(36,6)7)39-31-30-24(35(10,14-2)37(39,12)15-3)19-18-20-29(30)40-34(8,9)38(27)31/h18-20,22-23H,13-17,21H2,1-12H3/q+1. The summed E-state index contributed by atoms with van der Waals surface area (Å²) in [6, 6.07) is 12.0. The van der Waals surface area contributed by atoms with Crippen molar-refractivity contribution in [2.75, 3.05) is 0 Å². The summed E-state index contributed by atoms with van der Waals surface area (Å²) in [5.74, 6) is 2.36. The fourth-order valence-electron chi connectivity index (χ4n) is 9.57. The van der Waals surface area contributed by atoms with Crippen LogP contribution in [0.15, 0.2) is 30.3 Å². The normalized spacial score (nSPS) is 30.2. The van der Waals surface area contributed by atoms with Crippen LogP contribution in [0, 0.1) is 5.41 Å². The lowest BCUT2D eigenvalue weighted by Crippen LogP contribution is -2.62. The molecule has 0 spiro atoms. The fourth-order valence-corrected chi connectivity index (χ4v) is 9.57. The Kier molecular flexibility index (Phi) is 5.69. The van der Waals surface area contributed by atoms with Crippen molar-refractivity contribution in [2.45, 2.75) is 149 Å². The van der Waals surface area contributed by atoms with Gasteiger partial charge in [-0.1, -0.05) is 93.7 Å². The van der Waals surface area contributed by atoms with Gasteiger partial charge in [0, 0.05) is 19.3 Å². The van der Waals surface area contributed by atoms with Crippen LogP contribution in [-0.2, 0) is 27.5 Å². The fraction of sp³-hybridized carbons (Fsp3) is 0.649. The monoisotopic (exact) mass is 541 g/mol. The molecule has 0 bridgehead atoms. The van der Waals surface area contributed by atoms with Gasteiger partial charge in [-0.15, -0.1) is 0 Å². The molecule has 0 fully saturated rings. The Balaban J connectivity index is 1.75. The second-order valence-corrected chi connectivity index (χ2v) is 15.5. The molecule has 2 aliphatic heterocycles. The molecule has 2 aromatic carbocycles. The van der Waals surface area contributed by atoms with Gasteiger partial charge in [-0.05, 0) is 77.3 Å². The maximum atomic E-state index is 6.89. The van der Waals surface area contributed by atoms with Crippen molar-refractivity contribution in [2.24, 2.45) is 5.41 Å². The third kappa shape index (κ3) is 2.90. The van der Waals surface area contributed by atoms with Gasteiger partial charge >= 0.3 is 0 Å². The second-order valence-electron chi connectivity index (χ2n) is 15.5. The van der Waals surface area contributed by atoms with Crippen LogP contribution in [0.1, 0.15) is 138 Å². The highest BCUT2D eigenvalue weighted by Gasteiger charge is 2.63. The molecule has 0 radical (unpaired) electrons. The van der Waals surface area contributed by atoms with Crippen LogP contribution in [0.3, 0.4) is 0 Å². The molecule has 3 aromatic rings. The van der Waals surface area contributed by atoms with E-state index in [-0.39, 0.29) is 27.2 Å². The highest BCUT2D eigenvalue weighted by molar-refractivity contribution is 5.84. The van der Waals surface area contributed by atoms with E-state index in [9.17, 15) is 0 Å². The van der Waals surface area contributed by atoms with E-state index in [1.54, 1.807) is 5.56 Å². The number of rotatable bonds is 6. The summed E-state index contributed by atoms with van der Waals surface area (Å²) in [5.41, 5.74) is 8.25. The lowest BCUT2D eigenvalue weighted by molar-refractivity contribution is -0.765. The first kappa shape index (κ1) is 27.9. The summed E-state index contributed by atoms with van der Waals surface area (Å²) in [5, 5.41) is 0. The van der Waals surface area contributed by atoms with E-state index in [2.05, 4.69) is 123 Å². The number of unbranched alkanes of at least 4 members (excludes halogenated alkanes) is 2. The molecule has 3 nitrogen and oxygen atoms in total. The Bertz CT molecular complexity index is 1540. The lowest BCUT2D eigenvalue weighted by atomic mass is 9.56. The average Bonchev–Trinajstić information content (AvgIpc) is 3.30. The molecular weight excluding hydrogens is 488 g/mol. The Morgan fingerprint density at radius 1 is 0.775 bits per heavy atom. The Labute approximate surface area is 243 Å². The molecule has 1 aromatic heterocycles. The first-order valence-electron chi connectivity index (χ1n) is 16.1. The summed E-state index contributed by atoms with van der Waals surface area (Å²) in [6.07, 6.45) is 7.29. The molecule has 6 rings (SSSR count). The largest absolute Gasteiger partial charge is 0.449 e. The van der Waals surface area contributed by atoms with Gasteiger partial charge in [-0.25, -0.2) is 4.57 Å². The van der Waals surface area contributed by atoms with Crippen molar-refractivity contribution in [1.29, 1.82) is 0 Å². The molecule has 216 valence electrons. The predicted molar refractivity (Wildman–Crippen MR) is 167 cm³/mol. The second kappa shape index (κ2) is 8.17. The molecule has 3 heterocycles. The Morgan fingerprint density at radius 2 is 1.43 bits per heavy atom. The third-order valence-electron chi connectivity index (χ3n) is 13.2. The minimum absolute atomic E-state index is 0.0167. The maximum Gasteiger partial charge on any atom is 0.297 e. The van der Waals surface area contributed by atoms with Crippen molar-refractivity contribution in [3.05, 3.63) is 47.0 Å². The highest BCUT2D eigenvalue weighted by atomic mass is 16.5. The van der Waals surface area contributed by atoms with E-state index in [4.69, 9.17) is 4.74 Å². The molecule has 0 saturated carbocycles. The molecular formula is C37H53N2O+. The first-order valence-corrected chi connectivity index (χ1v) is 16.1. The van der Waals surface area contributed by atoms with Gasteiger partial charge in [-0.3, -0.25) is 0 Å². The highest BCUT2D eigenvalue weighted by Crippen LogP contribution is 2.65. The number of ether oxygens (including phenoxy) is 1. The first-order chi connectivity index (χ1) is 18.6. The van der Waals surface area contributed by atoms with Gasteiger partial charge < -0.3 is 4.74 Å². The summed E-state index contributed by atoms with van der Waals surface area (Å²) in [4.78, 5) is 0. The summed E-state index contributed by atoms with van der Waals surface area (Å²) >= 11 is 0. The van der Waals surface area contributed by atoms with E-state index >= 15 is 0 Å². The molecule has 1 aliphatic carbocycles. The summed E-state index contributed by atoms with van der Waals surface area (Å²) in [7, 11) is 0. The minimum atomic E-state index is -0.490. The van der Waals surface area contributed by atoms with Crippen LogP contribution >= 0.6 is 0 Å². The summed E-state index contributed by atoms with van der Waals surface area (Å²) in [6.45, 7) is 29.3. The molecule has 40 heavy (non-hydrogen) atoms. The van der Waals surface area contributed by atoms with Gasteiger partial charge in [0.25, 0.3) is 5.82 Å². The smallest absolute Gasteiger partial charge is 0.297 e. The Hall–Kier alpha value is -2.29. The molecule has 0 saturated heterocycles. The topological polar surface area (TPSA) is 18.0 Å². The quantitative estimate of drug-likeness (QED) is 0.224. The Morgan fingerprint density at radius 3 is 2.02 bits per heavy atom. The van der Waals surface area contributed by atoms with Crippen molar-refractivity contribution < 1.29 is 9.30 Å². The molecule has 3 unspecified atom stereocenters. The maximum absolute atomic E-state index is 6.89. The molecule has 0 amide bonds. The van der Waals surface area contributed by atoms with Crippen LogP contribution < -0.4 is 9.30 Å². The molecule has 0 N–H and O–H groups in total. The molecule has 3 aliphatic rings. The zero-order valence-electron chi connectivity index (χ0n) is 27.4. The number of nitrogens with zero attached hydrogens (tertiary/aromatic N) is 2. The number of fused-ring (bicyclic) bond motifs is 4.